The van der Waals surface area contributed by atoms with Gasteiger partial charge < -0.3 is 15.2 Å². The third-order valence-electron chi connectivity index (χ3n) is 2.18. The minimum absolute atomic E-state index is 0. The van der Waals surface area contributed by atoms with Crippen LogP contribution in [-0.4, -0.2) is 33.8 Å². The first-order valence-electron chi connectivity index (χ1n) is 5.64. The van der Waals surface area contributed by atoms with Gasteiger partial charge in [0.1, 0.15) is 21.8 Å². The Bertz CT molecular complexity index is 696. The van der Waals surface area contributed by atoms with E-state index in [1.165, 1.54) is 0 Å². The van der Waals surface area contributed by atoms with Crippen LogP contribution in [-0.2, 0) is 10.1 Å². The van der Waals surface area contributed by atoms with Crippen LogP contribution in [0.4, 0.5) is 17.6 Å². The number of para-hydroxylation sites is 1. The van der Waals surface area contributed by atoms with Crippen LogP contribution in [0.3, 0.4) is 0 Å². The number of nitrogens with one attached hydrogen (secondary N) is 2. The molecule has 106 valence electrons. The number of benzene rings is 1. The number of hydrogen-bond acceptors (Lipinski definition) is 8. The van der Waals surface area contributed by atoms with Crippen molar-refractivity contribution in [1.29, 1.82) is 0 Å². The van der Waals surface area contributed by atoms with E-state index >= 15 is 0 Å². The molecule has 0 bridgehead atoms. The molecule has 0 unspecified atom stereocenters. The standard InChI is InChI=1S/C11H13N5O3S.Na/c1-8-13-10(12-7-20(17,18)19)16-11(14-8)15-9-5-3-2-4-6-9;/h2-6H,7H2,1H3,(H,17,18,19)(H2,12,13,14,15,16);/q;+1/p-1. The van der Waals surface area contributed by atoms with Crippen molar-refractivity contribution in [3.63, 3.8) is 0 Å². The fourth-order valence-electron chi connectivity index (χ4n) is 1.42. The fraction of sp³-hybridized carbons (Fsp3) is 0.182. The van der Waals surface area contributed by atoms with Crippen molar-refractivity contribution in [2.45, 2.75) is 6.92 Å². The number of anilines is 3. The van der Waals surface area contributed by atoms with Crippen molar-refractivity contribution in [1.82, 2.24) is 15.0 Å². The van der Waals surface area contributed by atoms with Crippen LogP contribution >= 0.6 is 0 Å². The van der Waals surface area contributed by atoms with Gasteiger partial charge in [0.2, 0.25) is 11.9 Å². The Morgan fingerprint density at radius 1 is 1.10 bits per heavy atom. The molecule has 8 nitrogen and oxygen atoms in total. The van der Waals surface area contributed by atoms with E-state index in [1.54, 1.807) is 6.92 Å². The molecule has 1 aromatic heterocycles. The summed E-state index contributed by atoms with van der Waals surface area (Å²) in [6.45, 7) is 1.63. The third kappa shape index (κ3) is 6.36. The molecule has 10 heteroatoms. The number of nitrogens with zero attached hydrogens (tertiary/aromatic N) is 3. The van der Waals surface area contributed by atoms with Gasteiger partial charge >= 0.3 is 29.6 Å². The Morgan fingerprint density at radius 2 is 1.71 bits per heavy atom. The van der Waals surface area contributed by atoms with E-state index in [2.05, 4.69) is 25.6 Å². The SMILES string of the molecule is Cc1nc(NCS(=O)(=O)[O-])nc(Nc2ccccc2)n1.[Na+]. The molecule has 0 saturated carbocycles. The molecule has 2 rings (SSSR count). The maximum Gasteiger partial charge on any atom is 1.00 e. The number of hydrogen-bond donors (Lipinski definition) is 2. The number of rotatable bonds is 5. The normalized spacial score (nSPS) is 10.6. The summed E-state index contributed by atoms with van der Waals surface area (Å²) in [4.78, 5) is 12.0. The molecule has 0 amide bonds. The smallest absolute Gasteiger partial charge is 0.747 e. The van der Waals surface area contributed by atoms with Gasteiger partial charge in [-0.2, -0.15) is 15.0 Å². The molecule has 0 aliphatic rings. The second-order valence-electron chi connectivity index (χ2n) is 3.90. The van der Waals surface area contributed by atoms with Gasteiger partial charge in [-0.15, -0.1) is 0 Å². The summed E-state index contributed by atoms with van der Waals surface area (Å²) in [5.74, 6) is -0.101. The Kier molecular flexibility index (Phi) is 6.49. The van der Waals surface area contributed by atoms with Gasteiger partial charge in [-0.1, -0.05) is 18.2 Å². The van der Waals surface area contributed by atoms with E-state index in [4.69, 9.17) is 0 Å². The second-order valence-corrected chi connectivity index (χ2v) is 5.30. The largest absolute Gasteiger partial charge is 1.00 e. The Balaban J connectivity index is 0.00000220. The zero-order valence-corrected chi connectivity index (χ0v) is 14.4. The van der Waals surface area contributed by atoms with E-state index in [0.717, 1.165) is 5.69 Å². The van der Waals surface area contributed by atoms with Gasteiger partial charge in [-0.05, 0) is 19.1 Å². The van der Waals surface area contributed by atoms with E-state index in [9.17, 15) is 13.0 Å². The number of aromatic nitrogens is 3. The predicted molar refractivity (Wildman–Crippen MR) is 72.5 cm³/mol. The minimum Gasteiger partial charge on any atom is -0.747 e. The third-order valence-corrected chi connectivity index (χ3v) is 2.68. The van der Waals surface area contributed by atoms with Crippen LogP contribution in [0.15, 0.2) is 30.3 Å². The van der Waals surface area contributed by atoms with Crippen molar-refractivity contribution >= 4 is 27.7 Å². The molecule has 0 fully saturated rings. The molecule has 21 heavy (non-hydrogen) atoms. The minimum atomic E-state index is -4.39. The average Bonchev–Trinajstić information content (AvgIpc) is 2.36. The topological polar surface area (TPSA) is 120 Å². The summed E-state index contributed by atoms with van der Waals surface area (Å²) in [5, 5.41) is 5.30. The van der Waals surface area contributed by atoms with Gasteiger partial charge in [0, 0.05) is 5.69 Å². The van der Waals surface area contributed by atoms with Gasteiger partial charge in [-0.3, -0.25) is 0 Å². The maximum absolute atomic E-state index is 10.6. The Morgan fingerprint density at radius 3 is 2.33 bits per heavy atom. The molecular formula is C11H12N5NaO3S. The number of aryl methyl sites for hydroxylation is 1. The zero-order valence-electron chi connectivity index (χ0n) is 11.6. The molecule has 0 saturated heterocycles. The summed E-state index contributed by atoms with van der Waals surface area (Å²) in [6, 6.07) is 9.22. The molecule has 2 aromatic rings. The Hall–Kier alpha value is -1.26. The van der Waals surface area contributed by atoms with Crippen LogP contribution in [0.25, 0.3) is 0 Å². The second kappa shape index (κ2) is 7.66. The van der Waals surface area contributed by atoms with E-state index in [0.29, 0.717) is 5.82 Å². The molecule has 0 atom stereocenters. The average molecular weight is 317 g/mol. The summed E-state index contributed by atoms with van der Waals surface area (Å²) >= 11 is 0. The summed E-state index contributed by atoms with van der Waals surface area (Å²) < 4.78 is 31.7. The summed E-state index contributed by atoms with van der Waals surface area (Å²) in [7, 11) is -4.39. The van der Waals surface area contributed by atoms with E-state index in [1.807, 2.05) is 30.3 Å². The van der Waals surface area contributed by atoms with Gasteiger partial charge in [0.05, 0.1) is 0 Å². The molecule has 0 aliphatic carbocycles. The first-order valence-corrected chi connectivity index (χ1v) is 7.22. The van der Waals surface area contributed by atoms with Crippen molar-refractivity contribution in [3.8, 4) is 0 Å². The maximum atomic E-state index is 10.6. The first-order chi connectivity index (χ1) is 9.42. The monoisotopic (exact) mass is 317 g/mol. The van der Waals surface area contributed by atoms with Crippen LogP contribution in [0.1, 0.15) is 5.82 Å². The van der Waals surface area contributed by atoms with Crippen molar-refractivity contribution in [2.75, 3.05) is 16.5 Å². The summed E-state index contributed by atoms with van der Waals surface area (Å²) in [5.41, 5.74) is 0.778. The molecule has 2 N–H and O–H groups in total. The van der Waals surface area contributed by atoms with Gasteiger partial charge in [0.15, 0.2) is 0 Å². The Labute approximate surface area is 144 Å². The fourth-order valence-corrected chi connectivity index (χ4v) is 1.73. The zero-order chi connectivity index (χ0) is 14.6. The van der Waals surface area contributed by atoms with Crippen LogP contribution in [0.2, 0.25) is 0 Å². The molecule has 0 radical (unpaired) electrons. The van der Waals surface area contributed by atoms with Gasteiger partial charge in [-0.25, -0.2) is 8.42 Å². The van der Waals surface area contributed by atoms with Crippen LogP contribution in [0.5, 0.6) is 0 Å². The van der Waals surface area contributed by atoms with Gasteiger partial charge in [0.25, 0.3) is 0 Å². The molecule has 0 spiro atoms. The first kappa shape index (κ1) is 17.8. The van der Waals surface area contributed by atoms with Crippen molar-refractivity contribution in [2.24, 2.45) is 0 Å². The van der Waals surface area contributed by atoms with E-state index in [-0.39, 0.29) is 41.5 Å². The molecular weight excluding hydrogens is 305 g/mol. The van der Waals surface area contributed by atoms with Crippen LogP contribution < -0.4 is 40.2 Å². The quantitative estimate of drug-likeness (QED) is 0.473. The van der Waals surface area contributed by atoms with Crippen molar-refractivity contribution in [3.05, 3.63) is 36.2 Å². The predicted octanol–water partition coefficient (Wildman–Crippen LogP) is -2.16. The van der Waals surface area contributed by atoms with E-state index < -0.39 is 16.0 Å². The summed E-state index contributed by atoms with van der Waals surface area (Å²) in [6.07, 6.45) is 0. The molecule has 1 heterocycles. The molecule has 1 aromatic carbocycles. The van der Waals surface area contributed by atoms with Crippen LogP contribution in [0, 0.1) is 6.92 Å². The molecule has 0 aliphatic heterocycles. The van der Waals surface area contributed by atoms with Crippen molar-refractivity contribution < 1.29 is 42.5 Å².